The van der Waals surface area contributed by atoms with Crippen molar-refractivity contribution < 1.29 is 23.8 Å². The van der Waals surface area contributed by atoms with Crippen LogP contribution in [0, 0.1) is 0 Å². The standard InChI is InChI=1S/C11H19N2O7P/c1-3-8-4-13(11(15)12-10(8)14)5-9(6-19-2)20-7-21(16,17)18/h4,9H,3,5-7H2,1-2H3,(H,12,14,15)(H2,16,17,18)/t9-/m1/s1. The number of methoxy groups -OCH3 is 1. The van der Waals surface area contributed by atoms with Crippen molar-refractivity contribution in [3.63, 3.8) is 0 Å². The van der Waals surface area contributed by atoms with Gasteiger partial charge in [0.1, 0.15) is 6.35 Å². The first-order valence-corrected chi connectivity index (χ1v) is 8.04. The normalized spacial score (nSPS) is 13.3. The Morgan fingerprint density at radius 2 is 2.10 bits per heavy atom. The number of ether oxygens (including phenoxy) is 2. The first-order valence-electron chi connectivity index (χ1n) is 6.24. The highest BCUT2D eigenvalue weighted by atomic mass is 31.2. The highest BCUT2D eigenvalue weighted by Gasteiger charge is 2.19. The van der Waals surface area contributed by atoms with E-state index in [1.807, 2.05) is 0 Å². The summed E-state index contributed by atoms with van der Waals surface area (Å²) >= 11 is 0. The third-order valence-corrected chi connectivity index (χ3v) is 3.18. The second-order valence-electron chi connectivity index (χ2n) is 4.46. The van der Waals surface area contributed by atoms with E-state index in [0.29, 0.717) is 12.0 Å². The summed E-state index contributed by atoms with van der Waals surface area (Å²) in [5, 5.41) is 0. The Labute approximate surface area is 120 Å². The van der Waals surface area contributed by atoms with Gasteiger partial charge < -0.3 is 19.3 Å². The fourth-order valence-electron chi connectivity index (χ4n) is 1.70. The van der Waals surface area contributed by atoms with Crippen molar-refractivity contribution in [1.82, 2.24) is 9.55 Å². The van der Waals surface area contributed by atoms with Crippen molar-refractivity contribution in [3.05, 3.63) is 32.6 Å². The van der Waals surface area contributed by atoms with Crippen molar-refractivity contribution in [3.8, 4) is 0 Å². The molecule has 0 amide bonds. The van der Waals surface area contributed by atoms with Gasteiger partial charge in [-0.1, -0.05) is 6.92 Å². The molecular formula is C11H19N2O7P. The monoisotopic (exact) mass is 322 g/mol. The van der Waals surface area contributed by atoms with Crippen LogP contribution in [-0.4, -0.2) is 45.5 Å². The van der Waals surface area contributed by atoms with Crippen molar-refractivity contribution in [2.45, 2.75) is 26.0 Å². The SMILES string of the molecule is CCc1cn(C[C@H](COC)OCP(=O)(O)O)c(=O)[nH]c1=O. The van der Waals surface area contributed by atoms with Crippen LogP contribution >= 0.6 is 7.60 Å². The van der Waals surface area contributed by atoms with Crippen LogP contribution in [0.15, 0.2) is 15.8 Å². The molecule has 10 heteroatoms. The fraction of sp³-hybridized carbons (Fsp3) is 0.636. The summed E-state index contributed by atoms with van der Waals surface area (Å²) in [6, 6.07) is 0. The maximum absolute atomic E-state index is 11.7. The molecule has 0 radical (unpaired) electrons. The first kappa shape index (κ1) is 17.8. The number of hydrogen-bond donors (Lipinski definition) is 3. The van der Waals surface area contributed by atoms with Gasteiger partial charge in [-0.3, -0.25) is 18.9 Å². The van der Waals surface area contributed by atoms with E-state index in [-0.39, 0.29) is 13.2 Å². The number of H-pyrrole nitrogens is 1. The topological polar surface area (TPSA) is 131 Å². The Bertz CT molecular complexity index is 618. The quantitative estimate of drug-likeness (QED) is 0.537. The molecule has 0 fully saturated rings. The highest BCUT2D eigenvalue weighted by Crippen LogP contribution is 2.34. The van der Waals surface area contributed by atoms with E-state index in [0.717, 1.165) is 0 Å². The summed E-state index contributed by atoms with van der Waals surface area (Å²) < 4.78 is 22.0. The molecule has 0 bridgehead atoms. The molecule has 0 saturated carbocycles. The molecule has 1 aromatic rings. The average molecular weight is 322 g/mol. The van der Waals surface area contributed by atoms with Crippen LogP contribution in [0.25, 0.3) is 0 Å². The molecule has 0 unspecified atom stereocenters. The maximum Gasteiger partial charge on any atom is 0.350 e. The van der Waals surface area contributed by atoms with Crippen LogP contribution in [0.3, 0.4) is 0 Å². The molecule has 3 N–H and O–H groups in total. The molecule has 120 valence electrons. The molecule has 0 aromatic carbocycles. The van der Waals surface area contributed by atoms with Crippen LogP contribution < -0.4 is 11.2 Å². The minimum atomic E-state index is -4.31. The summed E-state index contributed by atoms with van der Waals surface area (Å²) in [7, 11) is -2.90. The fourth-order valence-corrected chi connectivity index (χ4v) is 2.11. The molecule has 0 aliphatic rings. The van der Waals surface area contributed by atoms with Gasteiger partial charge in [-0.15, -0.1) is 0 Å². The molecule has 0 spiro atoms. The predicted molar refractivity (Wildman–Crippen MR) is 74.4 cm³/mol. The third-order valence-electron chi connectivity index (χ3n) is 2.70. The molecule has 0 aliphatic carbocycles. The Hall–Kier alpha value is -1.25. The predicted octanol–water partition coefficient (Wildman–Crippen LogP) is -0.734. The second-order valence-corrected chi connectivity index (χ2v) is 6.04. The lowest BCUT2D eigenvalue weighted by Gasteiger charge is -2.18. The van der Waals surface area contributed by atoms with Gasteiger partial charge in [-0.2, -0.15) is 0 Å². The summed E-state index contributed by atoms with van der Waals surface area (Å²) in [6.45, 7) is 1.83. The van der Waals surface area contributed by atoms with E-state index >= 15 is 0 Å². The van der Waals surface area contributed by atoms with Crippen molar-refractivity contribution in [2.24, 2.45) is 0 Å². The lowest BCUT2D eigenvalue weighted by molar-refractivity contribution is 0.00288. The van der Waals surface area contributed by atoms with E-state index in [1.165, 1.54) is 17.9 Å². The van der Waals surface area contributed by atoms with Crippen LogP contribution in [0.5, 0.6) is 0 Å². The molecular weight excluding hydrogens is 303 g/mol. The van der Waals surface area contributed by atoms with Gasteiger partial charge in [-0.25, -0.2) is 4.79 Å². The highest BCUT2D eigenvalue weighted by molar-refractivity contribution is 7.51. The second kappa shape index (κ2) is 7.67. The average Bonchev–Trinajstić information content (AvgIpc) is 2.38. The number of aryl methyl sites for hydroxylation is 1. The number of rotatable bonds is 8. The first-order chi connectivity index (χ1) is 9.76. The number of aromatic nitrogens is 2. The zero-order valence-corrected chi connectivity index (χ0v) is 12.7. The Morgan fingerprint density at radius 1 is 1.43 bits per heavy atom. The lowest BCUT2D eigenvalue weighted by atomic mass is 10.2. The van der Waals surface area contributed by atoms with Crippen LogP contribution in [0.4, 0.5) is 0 Å². The molecule has 1 heterocycles. The van der Waals surface area contributed by atoms with Gasteiger partial charge in [0.15, 0.2) is 0 Å². The minimum Gasteiger partial charge on any atom is -0.382 e. The smallest absolute Gasteiger partial charge is 0.350 e. The molecule has 21 heavy (non-hydrogen) atoms. The van der Waals surface area contributed by atoms with Gasteiger partial charge in [0.25, 0.3) is 5.56 Å². The molecule has 0 saturated heterocycles. The molecule has 1 aromatic heterocycles. The number of aromatic amines is 1. The van der Waals surface area contributed by atoms with Gasteiger partial charge in [0, 0.05) is 18.9 Å². The van der Waals surface area contributed by atoms with E-state index in [2.05, 4.69) is 4.98 Å². The number of nitrogens with zero attached hydrogens (tertiary/aromatic N) is 1. The van der Waals surface area contributed by atoms with E-state index in [4.69, 9.17) is 19.3 Å². The Morgan fingerprint density at radius 3 is 2.62 bits per heavy atom. The molecule has 1 rings (SSSR count). The van der Waals surface area contributed by atoms with Crippen LogP contribution in [-0.2, 0) is 27.0 Å². The summed E-state index contributed by atoms with van der Waals surface area (Å²) in [6.07, 6.45) is 0.370. The van der Waals surface area contributed by atoms with Gasteiger partial charge in [-0.05, 0) is 6.42 Å². The Kier molecular flexibility index (Phi) is 6.50. The summed E-state index contributed by atoms with van der Waals surface area (Å²) in [5.41, 5.74) is -0.628. The van der Waals surface area contributed by atoms with Crippen molar-refractivity contribution in [1.29, 1.82) is 0 Å². The molecule has 0 aliphatic heterocycles. The zero-order chi connectivity index (χ0) is 16.0. The number of hydrogen-bond acceptors (Lipinski definition) is 5. The van der Waals surface area contributed by atoms with Gasteiger partial charge >= 0.3 is 13.3 Å². The minimum absolute atomic E-state index is 0.0104. The molecule has 9 nitrogen and oxygen atoms in total. The van der Waals surface area contributed by atoms with Crippen LogP contribution in [0.2, 0.25) is 0 Å². The largest absolute Gasteiger partial charge is 0.382 e. The Balaban J connectivity index is 2.91. The van der Waals surface area contributed by atoms with Crippen LogP contribution in [0.1, 0.15) is 12.5 Å². The third kappa shape index (κ3) is 5.94. The lowest BCUT2D eigenvalue weighted by Crippen LogP contribution is -2.36. The molecule has 1 atom stereocenters. The van der Waals surface area contributed by atoms with E-state index < -0.39 is 31.3 Å². The van der Waals surface area contributed by atoms with Crippen molar-refractivity contribution >= 4 is 7.60 Å². The zero-order valence-electron chi connectivity index (χ0n) is 11.8. The van der Waals surface area contributed by atoms with Gasteiger partial charge in [0.2, 0.25) is 0 Å². The maximum atomic E-state index is 11.7. The summed E-state index contributed by atoms with van der Waals surface area (Å²) in [4.78, 5) is 43.0. The van der Waals surface area contributed by atoms with E-state index in [9.17, 15) is 14.2 Å². The summed E-state index contributed by atoms with van der Waals surface area (Å²) in [5.74, 6) is 0. The van der Waals surface area contributed by atoms with Crippen molar-refractivity contribution in [2.75, 3.05) is 20.1 Å². The number of nitrogens with one attached hydrogen (secondary N) is 1. The van der Waals surface area contributed by atoms with Gasteiger partial charge in [0.05, 0.1) is 19.3 Å². The van der Waals surface area contributed by atoms with E-state index in [1.54, 1.807) is 6.92 Å².